The Hall–Kier alpha value is -1.56. The van der Waals surface area contributed by atoms with Gasteiger partial charge in [-0.1, -0.05) is 0 Å². The van der Waals surface area contributed by atoms with Crippen LogP contribution in [0.4, 0.5) is 11.8 Å². The number of piperidine rings is 1. The average Bonchev–Trinajstić information content (AvgIpc) is 2.28. The lowest BCUT2D eigenvalue weighted by atomic mass is 10.1. The molecule has 0 saturated carbocycles. The Morgan fingerprint density at radius 2 is 2.35 bits per heavy atom. The number of rotatable bonds is 3. The summed E-state index contributed by atoms with van der Waals surface area (Å²) < 4.78 is 5.06. The molecule has 0 spiro atoms. The molecule has 1 saturated heterocycles. The summed E-state index contributed by atoms with van der Waals surface area (Å²) >= 11 is 0. The molecule has 3 N–H and O–H groups in total. The molecular formula is C11H19N5O. The van der Waals surface area contributed by atoms with E-state index in [1.54, 1.807) is 13.2 Å². The van der Waals surface area contributed by atoms with Gasteiger partial charge in [0.1, 0.15) is 5.82 Å². The second kappa shape index (κ2) is 5.18. The van der Waals surface area contributed by atoms with Crippen LogP contribution >= 0.6 is 0 Å². The number of anilines is 2. The van der Waals surface area contributed by atoms with Gasteiger partial charge in [-0.25, -0.2) is 0 Å². The van der Waals surface area contributed by atoms with Gasteiger partial charge in [-0.15, -0.1) is 0 Å². The molecule has 1 unspecified atom stereocenters. The van der Waals surface area contributed by atoms with Crippen molar-refractivity contribution in [3.05, 3.63) is 6.07 Å². The first-order chi connectivity index (χ1) is 8.17. The molecule has 94 valence electrons. The number of nitrogens with two attached hydrogens (primary N) is 1. The molecule has 6 heteroatoms. The Morgan fingerprint density at radius 1 is 1.53 bits per heavy atom. The smallest absolute Gasteiger partial charge is 0.225 e. The number of methoxy groups -OCH3 is 1. The summed E-state index contributed by atoms with van der Waals surface area (Å²) in [6.07, 6.45) is 2.35. The summed E-state index contributed by atoms with van der Waals surface area (Å²) in [7, 11) is 3.70. The molecule has 0 aliphatic carbocycles. The lowest BCUT2D eigenvalue weighted by molar-refractivity contribution is 0.260. The lowest BCUT2D eigenvalue weighted by Gasteiger charge is -2.30. The van der Waals surface area contributed by atoms with E-state index in [1.165, 1.54) is 6.42 Å². The van der Waals surface area contributed by atoms with Crippen molar-refractivity contribution in [2.45, 2.75) is 18.9 Å². The summed E-state index contributed by atoms with van der Waals surface area (Å²) in [6.45, 7) is 2.18. The van der Waals surface area contributed by atoms with Crippen molar-refractivity contribution in [3.8, 4) is 5.88 Å². The van der Waals surface area contributed by atoms with E-state index in [2.05, 4.69) is 27.2 Å². The fourth-order valence-corrected chi connectivity index (χ4v) is 2.11. The Kier molecular flexibility index (Phi) is 3.63. The number of likely N-dealkylation sites (N-methyl/N-ethyl adjacent to an activating group) is 1. The minimum absolute atomic E-state index is 0.232. The average molecular weight is 237 g/mol. The number of nitrogen functional groups attached to an aromatic ring is 1. The molecule has 1 atom stereocenters. The van der Waals surface area contributed by atoms with Crippen molar-refractivity contribution in [2.24, 2.45) is 0 Å². The van der Waals surface area contributed by atoms with Gasteiger partial charge < -0.3 is 20.7 Å². The Balaban J connectivity index is 2.04. The van der Waals surface area contributed by atoms with Crippen LogP contribution in [0.1, 0.15) is 12.8 Å². The summed E-state index contributed by atoms with van der Waals surface area (Å²) in [4.78, 5) is 10.4. The minimum Gasteiger partial charge on any atom is -0.481 e. The number of nitrogens with one attached hydrogen (secondary N) is 1. The molecular weight excluding hydrogens is 218 g/mol. The monoisotopic (exact) mass is 237 g/mol. The first-order valence-electron chi connectivity index (χ1n) is 5.81. The van der Waals surface area contributed by atoms with Crippen molar-refractivity contribution >= 4 is 11.8 Å². The third kappa shape index (κ3) is 3.20. The zero-order valence-electron chi connectivity index (χ0n) is 10.3. The van der Waals surface area contributed by atoms with Gasteiger partial charge in [-0.3, -0.25) is 0 Å². The van der Waals surface area contributed by atoms with E-state index < -0.39 is 0 Å². The number of nitrogens with zero attached hydrogens (tertiary/aromatic N) is 3. The molecule has 1 aliphatic rings. The van der Waals surface area contributed by atoms with Gasteiger partial charge in [-0.2, -0.15) is 9.97 Å². The maximum absolute atomic E-state index is 5.61. The molecule has 0 amide bonds. The topological polar surface area (TPSA) is 76.3 Å². The van der Waals surface area contributed by atoms with Crippen LogP contribution in [0.15, 0.2) is 6.07 Å². The molecule has 2 rings (SSSR count). The SMILES string of the molecule is COc1cc(NC2CCCN(C)C2)nc(N)n1. The van der Waals surface area contributed by atoms with Gasteiger partial charge >= 0.3 is 0 Å². The Labute approximate surface area is 101 Å². The second-order valence-corrected chi connectivity index (χ2v) is 4.40. The van der Waals surface area contributed by atoms with E-state index in [0.717, 1.165) is 25.3 Å². The van der Waals surface area contributed by atoms with Crippen LogP contribution in [0.5, 0.6) is 5.88 Å². The van der Waals surface area contributed by atoms with Crippen LogP contribution in [-0.4, -0.2) is 48.2 Å². The van der Waals surface area contributed by atoms with E-state index in [1.807, 2.05) is 0 Å². The van der Waals surface area contributed by atoms with E-state index >= 15 is 0 Å². The Morgan fingerprint density at radius 3 is 3.06 bits per heavy atom. The van der Waals surface area contributed by atoms with E-state index in [4.69, 9.17) is 10.5 Å². The van der Waals surface area contributed by atoms with Crippen molar-refractivity contribution in [2.75, 3.05) is 38.3 Å². The molecule has 1 aromatic heterocycles. The molecule has 0 bridgehead atoms. The number of likely N-dealkylation sites (tertiary alicyclic amines) is 1. The minimum atomic E-state index is 0.232. The highest BCUT2D eigenvalue weighted by molar-refractivity contribution is 5.43. The van der Waals surface area contributed by atoms with Gasteiger partial charge in [0, 0.05) is 18.7 Å². The van der Waals surface area contributed by atoms with Gasteiger partial charge in [0.25, 0.3) is 0 Å². The van der Waals surface area contributed by atoms with Gasteiger partial charge in [0.05, 0.1) is 7.11 Å². The molecule has 2 heterocycles. The molecule has 1 aromatic rings. The summed E-state index contributed by atoms with van der Waals surface area (Å²) in [5, 5.41) is 3.37. The third-order valence-corrected chi connectivity index (χ3v) is 2.91. The zero-order valence-corrected chi connectivity index (χ0v) is 10.3. The fraction of sp³-hybridized carbons (Fsp3) is 0.636. The van der Waals surface area contributed by atoms with Gasteiger partial charge in [0.2, 0.25) is 11.8 Å². The summed E-state index contributed by atoms with van der Waals surface area (Å²) in [5.41, 5.74) is 5.61. The van der Waals surface area contributed by atoms with Crippen molar-refractivity contribution < 1.29 is 4.74 Å². The lowest BCUT2D eigenvalue weighted by Crippen LogP contribution is -2.39. The Bertz CT molecular complexity index is 384. The van der Waals surface area contributed by atoms with Crippen LogP contribution in [-0.2, 0) is 0 Å². The highest BCUT2D eigenvalue weighted by Gasteiger charge is 2.17. The van der Waals surface area contributed by atoms with Crippen molar-refractivity contribution in [3.63, 3.8) is 0 Å². The summed E-state index contributed by atoms with van der Waals surface area (Å²) in [6, 6.07) is 2.18. The number of aromatic nitrogens is 2. The predicted octanol–water partition coefficient (Wildman–Crippen LogP) is 0.573. The van der Waals surface area contributed by atoms with E-state index in [0.29, 0.717) is 11.9 Å². The molecule has 1 fully saturated rings. The quantitative estimate of drug-likeness (QED) is 0.800. The van der Waals surface area contributed by atoms with Gasteiger partial charge in [0.15, 0.2) is 0 Å². The molecule has 0 radical (unpaired) electrons. The maximum Gasteiger partial charge on any atom is 0.225 e. The van der Waals surface area contributed by atoms with E-state index in [9.17, 15) is 0 Å². The second-order valence-electron chi connectivity index (χ2n) is 4.40. The molecule has 0 aromatic carbocycles. The molecule has 17 heavy (non-hydrogen) atoms. The zero-order chi connectivity index (χ0) is 12.3. The number of hydrogen-bond donors (Lipinski definition) is 2. The van der Waals surface area contributed by atoms with Crippen LogP contribution < -0.4 is 15.8 Å². The third-order valence-electron chi connectivity index (χ3n) is 2.91. The van der Waals surface area contributed by atoms with Crippen LogP contribution in [0, 0.1) is 0 Å². The van der Waals surface area contributed by atoms with E-state index in [-0.39, 0.29) is 5.95 Å². The fourth-order valence-electron chi connectivity index (χ4n) is 2.11. The maximum atomic E-state index is 5.61. The highest BCUT2D eigenvalue weighted by atomic mass is 16.5. The van der Waals surface area contributed by atoms with Crippen LogP contribution in [0.2, 0.25) is 0 Å². The normalized spacial score (nSPS) is 21.2. The van der Waals surface area contributed by atoms with Crippen molar-refractivity contribution in [1.29, 1.82) is 0 Å². The van der Waals surface area contributed by atoms with Crippen LogP contribution in [0.25, 0.3) is 0 Å². The standard InChI is InChI=1S/C11H19N5O/c1-16-5-3-4-8(7-16)13-9-6-10(17-2)15-11(12)14-9/h6,8H,3-5,7H2,1-2H3,(H3,12,13,14,15). The molecule has 6 nitrogen and oxygen atoms in total. The van der Waals surface area contributed by atoms with Gasteiger partial charge in [-0.05, 0) is 26.4 Å². The molecule has 1 aliphatic heterocycles. The summed E-state index contributed by atoms with van der Waals surface area (Å²) in [5.74, 6) is 1.45. The predicted molar refractivity (Wildman–Crippen MR) is 67.1 cm³/mol. The number of hydrogen-bond acceptors (Lipinski definition) is 6. The number of ether oxygens (including phenoxy) is 1. The first kappa shape index (κ1) is 11.9. The van der Waals surface area contributed by atoms with Crippen LogP contribution in [0.3, 0.4) is 0 Å². The highest BCUT2D eigenvalue weighted by Crippen LogP contribution is 2.17. The largest absolute Gasteiger partial charge is 0.481 e. The first-order valence-corrected chi connectivity index (χ1v) is 5.81. The van der Waals surface area contributed by atoms with Crippen molar-refractivity contribution in [1.82, 2.24) is 14.9 Å².